The third-order valence-electron chi connectivity index (χ3n) is 3.54. The number of hydrogen-bond donors (Lipinski definition) is 1. The minimum Gasteiger partial charge on any atom is -0.392 e. The van der Waals surface area contributed by atoms with Crippen molar-refractivity contribution >= 4 is 10.8 Å². The SMILES string of the molecule is Cc1ccccc1-c1ccc2cc(CO)ccc2c1. The van der Waals surface area contributed by atoms with E-state index in [2.05, 4.69) is 55.5 Å². The molecule has 0 aromatic heterocycles. The van der Waals surface area contributed by atoms with Gasteiger partial charge in [0, 0.05) is 0 Å². The molecule has 0 aliphatic heterocycles. The molecule has 3 rings (SSSR count). The summed E-state index contributed by atoms with van der Waals surface area (Å²) in [5.74, 6) is 0. The average Bonchev–Trinajstić information content (AvgIpc) is 2.46. The van der Waals surface area contributed by atoms with Crippen molar-refractivity contribution in [2.75, 3.05) is 0 Å². The maximum atomic E-state index is 9.17. The third-order valence-corrected chi connectivity index (χ3v) is 3.54. The van der Waals surface area contributed by atoms with E-state index in [1.807, 2.05) is 12.1 Å². The van der Waals surface area contributed by atoms with Crippen LogP contribution in [0.25, 0.3) is 21.9 Å². The summed E-state index contributed by atoms with van der Waals surface area (Å²) in [7, 11) is 0. The zero-order valence-electron chi connectivity index (χ0n) is 10.9. The predicted octanol–water partition coefficient (Wildman–Crippen LogP) is 4.31. The van der Waals surface area contributed by atoms with Crippen LogP contribution < -0.4 is 0 Å². The van der Waals surface area contributed by atoms with Crippen LogP contribution in [-0.2, 0) is 6.61 Å². The van der Waals surface area contributed by atoms with E-state index in [-0.39, 0.29) is 6.61 Å². The number of hydrogen-bond acceptors (Lipinski definition) is 1. The Morgan fingerprint density at radius 2 is 1.58 bits per heavy atom. The number of rotatable bonds is 2. The first kappa shape index (κ1) is 11.9. The Morgan fingerprint density at radius 1 is 0.842 bits per heavy atom. The molecule has 0 fully saturated rings. The summed E-state index contributed by atoms with van der Waals surface area (Å²) < 4.78 is 0. The quantitative estimate of drug-likeness (QED) is 0.716. The summed E-state index contributed by atoms with van der Waals surface area (Å²) in [5, 5.41) is 11.5. The first-order valence-electron chi connectivity index (χ1n) is 6.47. The maximum absolute atomic E-state index is 9.17. The number of aryl methyl sites for hydroxylation is 1. The van der Waals surface area contributed by atoms with Crippen molar-refractivity contribution in [2.24, 2.45) is 0 Å². The fourth-order valence-corrected chi connectivity index (χ4v) is 2.46. The monoisotopic (exact) mass is 248 g/mol. The fraction of sp³-hybridized carbons (Fsp3) is 0.111. The normalized spacial score (nSPS) is 10.8. The van der Waals surface area contributed by atoms with Crippen LogP contribution in [0.2, 0.25) is 0 Å². The van der Waals surface area contributed by atoms with Gasteiger partial charge in [0.25, 0.3) is 0 Å². The van der Waals surface area contributed by atoms with E-state index in [4.69, 9.17) is 5.11 Å². The number of fused-ring (bicyclic) bond motifs is 1. The highest BCUT2D eigenvalue weighted by molar-refractivity contribution is 5.88. The second-order valence-corrected chi connectivity index (χ2v) is 4.87. The standard InChI is InChI=1S/C18H16O/c1-13-4-2-3-5-18(13)17-9-8-15-10-14(12-19)6-7-16(15)11-17/h2-11,19H,12H2,1H3. The fourth-order valence-electron chi connectivity index (χ4n) is 2.46. The van der Waals surface area contributed by atoms with E-state index in [1.165, 1.54) is 27.5 Å². The molecule has 19 heavy (non-hydrogen) atoms. The number of aliphatic hydroxyl groups excluding tert-OH is 1. The van der Waals surface area contributed by atoms with Crippen molar-refractivity contribution < 1.29 is 5.11 Å². The molecule has 3 aromatic carbocycles. The van der Waals surface area contributed by atoms with Crippen molar-refractivity contribution in [3.63, 3.8) is 0 Å². The minimum absolute atomic E-state index is 0.0927. The highest BCUT2D eigenvalue weighted by atomic mass is 16.3. The van der Waals surface area contributed by atoms with Gasteiger partial charge in [0.05, 0.1) is 6.61 Å². The third kappa shape index (κ3) is 2.25. The maximum Gasteiger partial charge on any atom is 0.0682 e. The molecule has 0 unspecified atom stereocenters. The van der Waals surface area contributed by atoms with Crippen molar-refractivity contribution in [2.45, 2.75) is 13.5 Å². The lowest BCUT2D eigenvalue weighted by Crippen LogP contribution is -1.85. The molecule has 0 spiro atoms. The molecule has 0 heterocycles. The summed E-state index contributed by atoms with van der Waals surface area (Å²) in [4.78, 5) is 0. The van der Waals surface area contributed by atoms with Crippen molar-refractivity contribution in [3.8, 4) is 11.1 Å². The van der Waals surface area contributed by atoms with E-state index in [0.29, 0.717) is 0 Å². The van der Waals surface area contributed by atoms with Crippen LogP contribution in [0.4, 0.5) is 0 Å². The van der Waals surface area contributed by atoms with Gasteiger partial charge in [-0.05, 0) is 52.1 Å². The van der Waals surface area contributed by atoms with E-state index in [9.17, 15) is 0 Å². The molecule has 0 amide bonds. The van der Waals surface area contributed by atoms with Crippen LogP contribution in [0.1, 0.15) is 11.1 Å². The van der Waals surface area contributed by atoms with E-state index in [0.717, 1.165) is 5.56 Å². The van der Waals surface area contributed by atoms with Gasteiger partial charge in [0.1, 0.15) is 0 Å². The molecule has 1 N–H and O–H groups in total. The van der Waals surface area contributed by atoms with Crippen LogP contribution in [0.3, 0.4) is 0 Å². The van der Waals surface area contributed by atoms with Gasteiger partial charge < -0.3 is 5.11 Å². The lowest BCUT2D eigenvalue weighted by molar-refractivity contribution is 0.282. The van der Waals surface area contributed by atoms with Crippen LogP contribution in [0.5, 0.6) is 0 Å². The molecule has 1 nitrogen and oxygen atoms in total. The van der Waals surface area contributed by atoms with Gasteiger partial charge in [0.2, 0.25) is 0 Å². The highest BCUT2D eigenvalue weighted by Gasteiger charge is 2.02. The molecule has 1 heteroatoms. The van der Waals surface area contributed by atoms with Crippen LogP contribution in [-0.4, -0.2) is 5.11 Å². The molecule has 0 radical (unpaired) electrons. The van der Waals surface area contributed by atoms with Gasteiger partial charge in [-0.1, -0.05) is 48.5 Å². The topological polar surface area (TPSA) is 20.2 Å². The number of aliphatic hydroxyl groups is 1. The van der Waals surface area contributed by atoms with E-state index in [1.54, 1.807) is 0 Å². The molecule has 0 aliphatic carbocycles. The zero-order valence-corrected chi connectivity index (χ0v) is 10.9. The Morgan fingerprint density at radius 3 is 2.37 bits per heavy atom. The summed E-state index contributed by atoms with van der Waals surface area (Å²) in [5.41, 5.74) is 4.75. The zero-order chi connectivity index (χ0) is 13.2. The second kappa shape index (κ2) is 4.87. The summed E-state index contributed by atoms with van der Waals surface area (Å²) in [6.07, 6.45) is 0. The van der Waals surface area contributed by atoms with Crippen LogP contribution in [0.15, 0.2) is 60.7 Å². The van der Waals surface area contributed by atoms with Crippen molar-refractivity contribution in [1.29, 1.82) is 0 Å². The largest absolute Gasteiger partial charge is 0.392 e. The van der Waals surface area contributed by atoms with E-state index < -0.39 is 0 Å². The lowest BCUT2D eigenvalue weighted by atomic mass is 9.97. The van der Waals surface area contributed by atoms with Gasteiger partial charge in [-0.2, -0.15) is 0 Å². The smallest absolute Gasteiger partial charge is 0.0682 e. The summed E-state index contributed by atoms with van der Waals surface area (Å²) in [6, 6.07) is 21.0. The molecule has 0 aliphatic rings. The molecule has 0 atom stereocenters. The van der Waals surface area contributed by atoms with Gasteiger partial charge in [-0.25, -0.2) is 0 Å². The molecule has 0 saturated carbocycles. The minimum atomic E-state index is 0.0927. The van der Waals surface area contributed by atoms with Crippen LogP contribution >= 0.6 is 0 Å². The highest BCUT2D eigenvalue weighted by Crippen LogP contribution is 2.27. The molecular formula is C18H16O. The van der Waals surface area contributed by atoms with E-state index >= 15 is 0 Å². The molecular weight excluding hydrogens is 232 g/mol. The Labute approximate surface area is 113 Å². The predicted molar refractivity (Wildman–Crippen MR) is 80.0 cm³/mol. The Bertz CT molecular complexity index is 729. The number of benzene rings is 3. The Balaban J connectivity index is 2.15. The molecule has 3 aromatic rings. The van der Waals surface area contributed by atoms with Crippen molar-refractivity contribution in [3.05, 3.63) is 71.8 Å². The van der Waals surface area contributed by atoms with Gasteiger partial charge in [-0.3, -0.25) is 0 Å². The molecule has 94 valence electrons. The van der Waals surface area contributed by atoms with Crippen LogP contribution in [0, 0.1) is 6.92 Å². The summed E-state index contributed by atoms with van der Waals surface area (Å²) >= 11 is 0. The van der Waals surface area contributed by atoms with Crippen molar-refractivity contribution in [1.82, 2.24) is 0 Å². The lowest BCUT2D eigenvalue weighted by Gasteiger charge is -2.08. The Kier molecular flexibility index (Phi) is 3.06. The first-order chi connectivity index (χ1) is 9.28. The first-order valence-corrected chi connectivity index (χ1v) is 6.47. The molecule has 0 bridgehead atoms. The average molecular weight is 248 g/mol. The van der Waals surface area contributed by atoms with Gasteiger partial charge in [0.15, 0.2) is 0 Å². The second-order valence-electron chi connectivity index (χ2n) is 4.87. The van der Waals surface area contributed by atoms with Gasteiger partial charge >= 0.3 is 0 Å². The molecule has 0 saturated heterocycles. The summed E-state index contributed by atoms with van der Waals surface area (Å²) in [6.45, 7) is 2.23. The Hall–Kier alpha value is -2.12. The van der Waals surface area contributed by atoms with Gasteiger partial charge in [-0.15, -0.1) is 0 Å².